The molecule has 1 atom stereocenters. The summed E-state index contributed by atoms with van der Waals surface area (Å²) in [5.74, 6) is 0.753. The molecule has 11 heavy (non-hydrogen) atoms. The molecule has 0 bridgehead atoms. The number of nitrogens with two attached hydrogens (primary N) is 1. The second-order valence-electron chi connectivity index (χ2n) is 3.66. The highest BCUT2D eigenvalue weighted by atomic mass is 16.5. The average molecular weight is 159 g/mol. The third-order valence-electron chi connectivity index (χ3n) is 1.90. The summed E-state index contributed by atoms with van der Waals surface area (Å²) in [6.07, 6.45) is 2.57. The van der Waals surface area contributed by atoms with Crippen LogP contribution in [-0.4, -0.2) is 30.5 Å². The average Bonchev–Trinajstić information content (AvgIpc) is 2.71. The van der Waals surface area contributed by atoms with E-state index in [2.05, 4.69) is 0 Å². The smallest absolute Gasteiger partial charge is 0.0973 e. The molecule has 0 radical (unpaired) electrons. The van der Waals surface area contributed by atoms with Gasteiger partial charge in [0.05, 0.1) is 12.2 Å². The van der Waals surface area contributed by atoms with Crippen molar-refractivity contribution in [3.05, 3.63) is 0 Å². The van der Waals surface area contributed by atoms with Crippen molar-refractivity contribution in [2.24, 2.45) is 11.7 Å². The predicted octanol–water partition coefficient (Wildman–Crippen LogP) is 0.123. The molecule has 0 amide bonds. The Hall–Kier alpha value is -0.120. The molecule has 1 rings (SSSR count). The van der Waals surface area contributed by atoms with E-state index >= 15 is 0 Å². The van der Waals surface area contributed by atoms with E-state index in [1.54, 1.807) is 6.92 Å². The molecule has 66 valence electrons. The Balaban J connectivity index is 1.99. The molecular formula is C8H17NO2. The van der Waals surface area contributed by atoms with Gasteiger partial charge in [0.15, 0.2) is 0 Å². The Morgan fingerprint density at radius 3 is 2.73 bits per heavy atom. The molecule has 0 spiro atoms. The Kier molecular flexibility index (Phi) is 2.87. The highest BCUT2D eigenvalue weighted by Crippen LogP contribution is 2.28. The van der Waals surface area contributed by atoms with Crippen LogP contribution < -0.4 is 5.73 Å². The fourth-order valence-corrected chi connectivity index (χ4v) is 0.789. The van der Waals surface area contributed by atoms with Gasteiger partial charge in [-0.3, -0.25) is 0 Å². The summed E-state index contributed by atoms with van der Waals surface area (Å²) < 4.78 is 5.28. The first-order valence-corrected chi connectivity index (χ1v) is 4.14. The summed E-state index contributed by atoms with van der Waals surface area (Å²) in [5.41, 5.74) is 4.47. The lowest BCUT2D eigenvalue weighted by atomic mass is 10.1. The Morgan fingerprint density at radius 1 is 1.64 bits per heavy atom. The summed E-state index contributed by atoms with van der Waals surface area (Å²) >= 11 is 0. The van der Waals surface area contributed by atoms with Gasteiger partial charge in [-0.2, -0.15) is 0 Å². The first kappa shape index (κ1) is 8.97. The molecule has 0 heterocycles. The first-order valence-electron chi connectivity index (χ1n) is 4.14. The fraction of sp³-hybridized carbons (Fsp3) is 1.00. The van der Waals surface area contributed by atoms with Crippen LogP contribution in [0.2, 0.25) is 0 Å². The van der Waals surface area contributed by atoms with Crippen LogP contribution in [0, 0.1) is 5.92 Å². The van der Waals surface area contributed by atoms with Gasteiger partial charge in [0, 0.05) is 13.2 Å². The highest BCUT2D eigenvalue weighted by molar-refractivity contribution is 4.75. The van der Waals surface area contributed by atoms with Crippen molar-refractivity contribution in [1.82, 2.24) is 0 Å². The van der Waals surface area contributed by atoms with Crippen molar-refractivity contribution in [2.45, 2.75) is 25.4 Å². The molecule has 0 aromatic rings. The molecule has 1 aliphatic rings. The third kappa shape index (κ3) is 3.70. The van der Waals surface area contributed by atoms with Gasteiger partial charge < -0.3 is 15.6 Å². The van der Waals surface area contributed by atoms with Crippen LogP contribution in [-0.2, 0) is 4.74 Å². The van der Waals surface area contributed by atoms with Gasteiger partial charge in [-0.15, -0.1) is 0 Å². The minimum absolute atomic E-state index is 0.262. The number of hydrogen-bond donors (Lipinski definition) is 2. The summed E-state index contributed by atoms with van der Waals surface area (Å²) in [6, 6.07) is 0. The van der Waals surface area contributed by atoms with Crippen LogP contribution in [0.3, 0.4) is 0 Å². The monoisotopic (exact) mass is 159 g/mol. The van der Waals surface area contributed by atoms with E-state index in [1.165, 1.54) is 12.8 Å². The van der Waals surface area contributed by atoms with E-state index in [0.717, 1.165) is 12.5 Å². The van der Waals surface area contributed by atoms with Gasteiger partial charge >= 0.3 is 0 Å². The molecule has 1 fully saturated rings. The maximum atomic E-state index is 9.41. The largest absolute Gasteiger partial charge is 0.386 e. The fourth-order valence-electron chi connectivity index (χ4n) is 0.789. The van der Waals surface area contributed by atoms with E-state index in [-0.39, 0.29) is 6.54 Å². The van der Waals surface area contributed by atoms with E-state index < -0.39 is 5.60 Å². The van der Waals surface area contributed by atoms with E-state index in [9.17, 15) is 5.11 Å². The van der Waals surface area contributed by atoms with Crippen LogP contribution in [0.4, 0.5) is 0 Å². The van der Waals surface area contributed by atoms with Crippen molar-refractivity contribution in [3.63, 3.8) is 0 Å². The van der Waals surface area contributed by atoms with E-state index in [0.29, 0.717) is 6.61 Å². The Labute approximate surface area is 67.5 Å². The molecule has 1 aliphatic carbocycles. The SMILES string of the molecule is CC(O)(CN)COCC1CC1. The van der Waals surface area contributed by atoms with Crippen LogP contribution >= 0.6 is 0 Å². The normalized spacial score (nSPS) is 23.2. The van der Waals surface area contributed by atoms with E-state index in [4.69, 9.17) is 10.5 Å². The summed E-state index contributed by atoms with van der Waals surface area (Å²) in [6.45, 7) is 3.10. The minimum Gasteiger partial charge on any atom is -0.386 e. The molecule has 0 saturated heterocycles. The van der Waals surface area contributed by atoms with Gasteiger partial charge in [0.25, 0.3) is 0 Å². The maximum Gasteiger partial charge on any atom is 0.0973 e. The number of hydrogen-bond acceptors (Lipinski definition) is 3. The van der Waals surface area contributed by atoms with Gasteiger partial charge in [-0.25, -0.2) is 0 Å². The highest BCUT2D eigenvalue weighted by Gasteiger charge is 2.24. The minimum atomic E-state index is -0.838. The molecule has 3 nitrogen and oxygen atoms in total. The number of rotatable bonds is 5. The topological polar surface area (TPSA) is 55.5 Å². The van der Waals surface area contributed by atoms with Crippen LogP contribution in [0.1, 0.15) is 19.8 Å². The van der Waals surface area contributed by atoms with Crippen LogP contribution in [0.5, 0.6) is 0 Å². The molecule has 3 heteroatoms. The van der Waals surface area contributed by atoms with E-state index in [1.807, 2.05) is 0 Å². The zero-order chi connectivity index (χ0) is 8.32. The van der Waals surface area contributed by atoms with Crippen LogP contribution in [0.15, 0.2) is 0 Å². The number of aliphatic hydroxyl groups is 1. The molecule has 0 aromatic heterocycles. The summed E-state index contributed by atoms with van der Waals surface area (Å²) in [4.78, 5) is 0. The van der Waals surface area contributed by atoms with Crippen molar-refractivity contribution in [2.75, 3.05) is 19.8 Å². The van der Waals surface area contributed by atoms with Gasteiger partial charge in [0.1, 0.15) is 0 Å². The number of ether oxygens (including phenoxy) is 1. The van der Waals surface area contributed by atoms with Crippen molar-refractivity contribution in [3.8, 4) is 0 Å². The molecule has 0 aromatic carbocycles. The van der Waals surface area contributed by atoms with Gasteiger partial charge in [-0.05, 0) is 25.7 Å². The van der Waals surface area contributed by atoms with Crippen molar-refractivity contribution >= 4 is 0 Å². The lowest BCUT2D eigenvalue weighted by Crippen LogP contribution is -2.39. The first-order chi connectivity index (χ1) is 5.14. The van der Waals surface area contributed by atoms with Crippen LogP contribution in [0.25, 0.3) is 0 Å². The van der Waals surface area contributed by atoms with Gasteiger partial charge in [-0.1, -0.05) is 0 Å². The second-order valence-corrected chi connectivity index (χ2v) is 3.66. The quantitative estimate of drug-likeness (QED) is 0.599. The summed E-state index contributed by atoms with van der Waals surface area (Å²) in [5, 5.41) is 9.41. The summed E-state index contributed by atoms with van der Waals surface area (Å²) in [7, 11) is 0. The predicted molar refractivity (Wildman–Crippen MR) is 43.2 cm³/mol. The zero-order valence-corrected chi connectivity index (χ0v) is 7.05. The molecule has 1 saturated carbocycles. The standard InChI is InChI=1S/C8H17NO2/c1-8(10,5-9)6-11-4-7-2-3-7/h7,10H,2-6,9H2,1H3. The zero-order valence-electron chi connectivity index (χ0n) is 7.05. The van der Waals surface area contributed by atoms with Crippen molar-refractivity contribution in [1.29, 1.82) is 0 Å². The third-order valence-corrected chi connectivity index (χ3v) is 1.90. The molecule has 3 N–H and O–H groups in total. The molecule has 1 unspecified atom stereocenters. The van der Waals surface area contributed by atoms with Gasteiger partial charge in [0.2, 0.25) is 0 Å². The lowest BCUT2D eigenvalue weighted by molar-refractivity contribution is -0.0298. The molecule has 0 aliphatic heterocycles. The Bertz CT molecular complexity index is 121. The lowest BCUT2D eigenvalue weighted by Gasteiger charge is -2.20. The maximum absolute atomic E-state index is 9.41. The molecular weight excluding hydrogens is 142 g/mol. The second kappa shape index (κ2) is 3.52. The van der Waals surface area contributed by atoms with Crippen molar-refractivity contribution < 1.29 is 9.84 Å². The Morgan fingerprint density at radius 2 is 2.27 bits per heavy atom.